The highest BCUT2D eigenvalue weighted by Gasteiger charge is 2.45. The molecular formula is C29H42BrNO3. The van der Waals surface area contributed by atoms with Gasteiger partial charge in [0.2, 0.25) is 5.79 Å². The first-order chi connectivity index (χ1) is 15.3. The third-order valence-electron chi connectivity index (χ3n) is 7.44. The van der Waals surface area contributed by atoms with Crippen LogP contribution in [-0.2, 0) is 21.4 Å². The Labute approximate surface area is 216 Å². The lowest BCUT2D eigenvalue weighted by Crippen LogP contribution is -2.58. The van der Waals surface area contributed by atoms with E-state index < -0.39 is 5.79 Å². The number of morpholine rings is 1. The third kappa shape index (κ3) is 5.23. The zero-order valence-electron chi connectivity index (χ0n) is 21.8. The molecule has 34 heavy (non-hydrogen) atoms. The number of halogens is 1. The van der Waals surface area contributed by atoms with Crippen LogP contribution in [0, 0.1) is 0 Å². The van der Waals surface area contributed by atoms with Gasteiger partial charge >= 0.3 is 0 Å². The molecule has 0 amide bonds. The molecule has 2 aromatic rings. The molecule has 1 aliphatic carbocycles. The zero-order chi connectivity index (χ0) is 24.2. The summed E-state index contributed by atoms with van der Waals surface area (Å²) in [6.07, 6.45) is 4.64. The van der Waals surface area contributed by atoms with E-state index in [1.807, 2.05) is 12.1 Å². The largest absolute Gasteiger partial charge is 0.507 e. The maximum Gasteiger partial charge on any atom is 0.205 e. The van der Waals surface area contributed by atoms with Gasteiger partial charge < -0.3 is 14.9 Å². The summed E-state index contributed by atoms with van der Waals surface area (Å²) < 4.78 is 6.30. The Morgan fingerprint density at radius 3 is 1.94 bits per heavy atom. The van der Waals surface area contributed by atoms with Gasteiger partial charge in [-0.2, -0.15) is 0 Å². The highest BCUT2D eigenvalue weighted by Crippen LogP contribution is 2.43. The second-order valence-electron chi connectivity index (χ2n) is 12.2. The maximum absolute atomic E-state index is 11.5. The van der Waals surface area contributed by atoms with Crippen LogP contribution in [0.3, 0.4) is 0 Å². The minimum atomic E-state index is -1.28. The third-order valence-corrected chi connectivity index (χ3v) is 7.44. The Bertz CT molecular complexity index is 971. The number of ether oxygens (including phenoxy) is 1. The molecule has 188 valence electrons. The van der Waals surface area contributed by atoms with E-state index in [9.17, 15) is 10.2 Å². The van der Waals surface area contributed by atoms with Crippen molar-refractivity contribution in [1.29, 1.82) is 0 Å². The molecule has 2 N–H and O–H groups in total. The summed E-state index contributed by atoms with van der Waals surface area (Å²) in [6.45, 7) is 13.3. The molecule has 1 saturated carbocycles. The van der Waals surface area contributed by atoms with Gasteiger partial charge in [0, 0.05) is 22.7 Å². The smallest absolute Gasteiger partial charge is 0.205 e. The first kappa shape index (κ1) is 27.2. The summed E-state index contributed by atoms with van der Waals surface area (Å²) in [7, 11) is 2.10. The molecule has 5 heteroatoms. The molecule has 1 saturated heterocycles. The molecule has 3 unspecified atom stereocenters. The number of phenols is 1. The van der Waals surface area contributed by atoms with E-state index >= 15 is 0 Å². The molecule has 0 radical (unpaired) electrons. The van der Waals surface area contributed by atoms with E-state index in [0.717, 1.165) is 47.1 Å². The molecule has 1 aliphatic heterocycles. The summed E-state index contributed by atoms with van der Waals surface area (Å²) in [5, 5.41) is 22.5. The lowest BCUT2D eigenvalue weighted by Gasteiger charge is -2.49. The predicted molar refractivity (Wildman–Crippen MR) is 145 cm³/mol. The Kier molecular flexibility index (Phi) is 7.65. The van der Waals surface area contributed by atoms with E-state index in [-0.39, 0.29) is 33.9 Å². The second kappa shape index (κ2) is 9.57. The van der Waals surface area contributed by atoms with Crippen LogP contribution in [0.1, 0.15) is 83.9 Å². The Balaban J connectivity index is 0.00000324. The van der Waals surface area contributed by atoms with Crippen LogP contribution >= 0.6 is 17.0 Å². The molecular weight excluding hydrogens is 490 g/mol. The van der Waals surface area contributed by atoms with Crippen molar-refractivity contribution in [2.45, 2.75) is 96.0 Å². The highest BCUT2D eigenvalue weighted by molar-refractivity contribution is 8.93. The van der Waals surface area contributed by atoms with Gasteiger partial charge in [0.05, 0.1) is 12.6 Å². The van der Waals surface area contributed by atoms with Crippen molar-refractivity contribution in [2.24, 2.45) is 0 Å². The Hall–Kier alpha value is -1.40. The van der Waals surface area contributed by atoms with Crippen LogP contribution in [-0.4, -0.2) is 40.9 Å². The Morgan fingerprint density at radius 1 is 0.882 bits per heavy atom. The number of likely N-dealkylation sites (N-methyl/N-ethyl adjacent to an activating group) is 1. The number of aromatic hydroxyl groups is 1. The van der Waals surface area contributed by atoms with Crippen LogP contribution in [0.2, 0.25) is 0 Å². The van der Waals surface area contributed by atoms with E-state index in [4.69, 9.17) is 4.74 Å². The monoisotopic (exact) mass is 531 g/mol. The van der Waals surface area contributed by atoms with Crippen molar-refractivity contribution < 1.29 is 14.9 Å². The minimum Gasteiger partial charge on any atom is -0.507 e. The summed E-state index contributed by atoms with van der Waals surface area (Å²) >= 11 is 0. The van der Waals surface area contributed by atoms with Crippen molar-refractivity contribution in [3.8, 4) is 16.9 Å². The van der Waals surface area contributed by atoms with Crippen LogP contribution in [0.25, 0.3) is 11.1 Å². The van der Waals surface area contributed by atoms with E-state index in [1.165, 1.54) is 6.42 Å². The number of rotatable bonds is 2. The number of β-amino-alcohol motifs (C(OH)–C–C–N with tert-alkyl or cyclic N) is 1. The van der Waals surface area contributed by atoms with E-state index in [1.54, 1.807) is 0 Å². The Morgan fingerprint density at radius 2 is 1.41 bits per heavy atom. The van der Waals surface area contributed by atoms with Crippen molar-refractivity contribution in [2.75, 3.05) is 13.6 Å². The van der Waals surface area contributed by atoms with Gasteiger partial charge in [-0.3, -0.25) is 4.90 Å². The fourth-order valence-electron chi connectivity index (χ4n) is 5.49. The van der Waals surface area contributed by atoms with Gasteiger partial charge in [-0.1, -0.05) is 78.6 Å². The summed E-state index contributed by atoms with van der Waals surface area (Å²) in [6, 6.07) is 12.7. The zero-order valence-corrected chi connectivity index (χ0v) is 23.5. The average Bonchev–Trinajstić information content (AvgIpc) is 2.72. The van der Waals surface area contributed by atoms with Crippen LogP contribution in [0.15, 0.2) is 36.4 Å². The van der Waals surface area contributed by atoms with Crippen molar-refractivity contribution in [1.82, 2.24) is 4.90 Å². The van der Waals surface area contributed by atoms with Crippen molar-refractivity contribution in [3.63, 3.8) is 0 Å². The lowest BCUT2D eigenvalue weighted by molar-refractivity contribution is -0.293. The molecule has 4 nitrogen and oxygen atoms in total. The number of phenolic OH excluding ortho intramolecular Hbond substituents is 1. The summed E-state index contributed by atoms with van der Waals surface area (Å²) in [4.78, 5) is 2.27. The topological polar surface area (TPSA) is 52.9 Å². The fraction of sp³-hybridized carbons (Fsp3) is 0.586. The number of hydrogen-bond donors (Lipinski definition) is 2. The van der Waals surface area contributed by atoms with Crippen LogP contribution in [0.4, 0.5) is 0 Å². The van der Waals surface area contributed by atoms with Gasteiger partial charge in [-0.05, 0) is 54.0 Å². The SMILES string of the molecule is Br.CN1CC(O)(c2ccc(-c3cc(C(C)(C)C)c(O)c(C(C)(C)C)c3)cc2)OC2CCCCC21. The molecule has 3 atom stereocenters. The number of aliphatic hydroxyl groups is 1. The molecule has 4 rings (SSSR count). The van der Waals surface area contributed by atoms with E-state index in [0.29, 0.717) is 18.3 Å². The summed E-state index contributed by atoms with van der Waals surface area (Å²) in [5.74, 6) is -0.890. The lowest BCUT2D eigenvalue weighted by atomic mass is 9.77. The molecule has 0 aromatic heterocycles. The van der Waals surface area contributed by atoms with Crippen LogP contribution in [0.5, 0.6) is 5.75 Å². The fourth-order valence-corrected chi connectivity index (χ4v) is 5.49. The molecule has 1 heterocycles. The van der Waals surface area contributed by atoms with Crippen molar-refractivity contribution >= 4 is 17.0 Å². The van der Waals surface area contributed by atoms with Gasteiger partial charge in [0.15, 0.2) is 0 Å². The molecule has 2 aliphatic rings. The number of hydrogen-bond acceptors (Lipinski definition) is 4. The van der Waals surface area contributed by atoms with Gasteiger partial charge in [-0.25, -0.2) is 0 Å². The maximum atomic E-state index is 11.5. The van der Waals surface area contributed by atoms with Crippen molar-refractivity contribution in [3.05, 3.63) is 53.1 Å². The normalized spacial score (nSPS) is 26.0. The molecule has 0 bridgehead atoms. The molecule has 2 aromatic carbocycles. The highest BCUT2D eigenvalue weighted by atomic mass is 79.9. The standard InChI is InChI=1S/C29H41NO3.BrH/c1-27(2,3)22-16-20(17-23(26(22)31)28(4,5)6)19-12-14-21(15-13-19)29(32)18-30(7)24-10-8-9-11-25(24)33-29;/h12-17,24-25,31-32H,8-11,18H2,1-7H3;1H. The first-order valence-electron chi connectivity index (χ1n) is 12.4. The quantitative estimate of drug-likeness (QED) is 0.455. The van der Waals surface area contributed by atoms with Crippen LogP contribution < -0.4 is 0 Å². The second-order valence-corrected chi connectivity index (χ2v) is 12.2. The number of nitrogens with zero attached hydrogens (tertiary/aromatic N) is 1. The average molecular weight is 533 g/mol. The minimum absolute atomic E-state index is 0. The molecule has 2 fully saturated rings. The number of fused-ring (bicyclic) bond motifs is 1. The summed E-state index contributed by atoms with van der Waals surface area (Å²) in [5.41, 5.74) is 4.50. The molecule has 0 spiro atoms. The van der Waals surface area contributed by atoms with Gasteiger partial charge in [-0.15, -0.1) is 17.0 Å². The van der Waals surface area contributed by atoms with E-state index in [2.05, 4.69) is 77.8 Å². The number of benzene rings is 2. The first-order valence-corrected chi connectivity index (χ1v) is 12.4. The van der Waals surface area contributed by atoms with Gasteiger partial charge in [0.1, 0.15) is 5.75 Å². The predicted octanol–water partition coefficient (Wildman–Crippen LogP) is 6.65. The van der Waals surface area contributed by atoms with Gasteiger partial charge in [0.25, 0.3) is 0 Å².